The van der Waals surface area contributed by atoms with E-state index >= 15 is 0 Å². The molecule has 0 saturated carbocycles. The molecule has 0 radical (unpaired) electrons. The lowest BCUT2D eigenvalue weighted by atomic mass is 9.95. The number of unbranched alkanes of at least 4 members (excludes halogenated alkanes) is 1. The van der Waals surface area contributed by atoms with E-state index in [1.807, 2.05) is 6.07 Å². The van der Waals surface area contributed by atoms with Crippen LogP contribution in [-0.4, -0.2) is 26.2 Å². The Morgan fingerprint density at radius 3 is 2.64 bits per heavy atom. The minimum atomic E-state index is -0.929. The summed E-state index contributed by atoms with van der Waals surface area (Å²) in [5.74, 6) is -0.211. The maximum atomic E-state index is 11.4. The number of carbonyl (C=O) groups is 1. The molecule has 14 heavy (non-hydrogen) atoms. The lowest BCUT2D eigenvalue weighted by Gasteiger charge is -2.14. The third-order valence-electron chi connectivity index (χ3n) is 1.91. The van der Waals surface area contributed by atoms with Gasteiger partial charge in [0.15, 0.2) is 0 Å². The average molecular weight is 198 g/mol. The Bertz CT molecular complexity index is 219. The highest BCUT2D eigenvalue weighted by molar-refractivity contribution is 5.84. The molecule has 0 unspecified atom stereocenters. The van der Waals surface area contributed by atoms with Gasteiger partial charge in [-0.15, -0.1) is 0 Å². The van der Waals surface area contributed by atoms with Gasteiger partial charge in [0.2, 0.25) is 5.91 Å². The molecule has 0 spiro atoms. The van der Waals surface area contributed by atoms with Gasteiger partial charge in [-0.05, 0) is 26.7 Å². The largest absolute Gasteiger partial charge is 0.385 e. The second-order valence-corrected chi connectivity index (χ2v) is 3.69. The van der Waals surface area contributed by atoms with Crippen LogP contribution in [-0.2, 0) is 9.53 Å². The van der Waals surface area contributed by atoms with Gasteiger partial charge < -0.3 is 10.1 Å². The number of hydrogen-bond donors (Lipinski definition) is 1. The fourth-order valence-corrected chi connectivity index (χ4v) is 0.845. The maximum absolute atomic E-state index is 11.4. The molecule has 0 aliphatic carbocycles. The zero-order valence-electron chi connectivity index (χ0n) is 9.09. The second kappa shape index (κ2) is 6.39. The van der Waals surface area contributed by atoms with E-state index in [-0.39, 0.29) is 5.91 Å². The SMILES string of the molecule is COCCCCNC(=O)C(C)(C)C#N. The number of nitriles is 1. The van der Waals surface area contributed by atoms with Gasteiger partial charge in [0, 0.05) is 20.3 Å². The number of ether oxygens (including phenoxy) is 1. The molecule has 1 N–H and O–H groups in total. The van der Waals surface area contributed by atoms with Crippen molar-refractivity contribution >= 4 is 5.91 Å². The molecule has 0 saturated heterocycles. The number of amides is 1. The van der Waals surface area contributed by atoms with Crippen molar-refractivity contribution in [3.05, 3.63) is 0 Å². The van der Waals surface area contributed by atoms with Crippen LogP contribution in [0.25, 0.3) is 0 Å². The number of methoxy groups -OCH3 is 1. The van der Waals surface area contributed by atoms with Crippen LogP contribution in [0.1, 0.15) is 26.7 Å². The van der Waals surface area contributed by atoms with Crippen LogP contribution in [0, 0.1) is 16.7 Å². The minimum Gasteiger partial charge on any atom is -0.385 e. The Morgan fingerprint density at radius 2 is 2.14 bits per heavy atom. The zero-order chi connectivity index (χ0) is 11.0. The molecule has 0 rings (SSSR count). The van der Waals surface area contributed by atoms with E-state index in [1.165, 1.54) is 0 Å². The minimum absolute atomic E-state index is 0.211. The molecule has 80 valence electrons. The van der Waals surface area contributed by atoms with Gasteiger partial charge in [-0.25, -0.2) is 0 Å². The van der Waals surface area contributed by atoms with Gasteiger partial charge in [-0.1, -0.05) is 0 Å². The molecule has 0 heterocycles. The van der Waals surface area contributed by atoms with Gasteiger partial charge in [0.25, 0.3) is 0 Å². The third-order valence-corrected chi connectivity index (χ3v) is 1.91. The summed E-state index contributed by atoms with van der Waals surface area (Å²) in [6, 6.07) is 1.96. The molecule has 4 heteroatoms. The van der Waals surface area contributed by atoms with Crippen LogP contribution in [0.3, 0.4) is 0 Å². The van der Waals surface area contributed by atoms with E-state index in [0.717, 1.165) is 12.8 Å². The maximum Gasteiger partial charge on any atom is 0.239 e. The van der Waals surface area contributed by atoms with Crippen molar-refractivity contribution in [2.24, 2.45) is 5.41 Å². The normalized spacial score (nSPS) is 10.7. The summed E-state index contributed by atoms with van der Waals surface area (Å²) in [7, 11) is 1.65. The highest BCUT2D eigenvalue weighted by Crippen LogP contribution is 2.12. The van der Waals surface area contributed by atoms with E-state index in [9.17, 15) is 4.79 Å². The fourth-order valence-electron chi connectivity index (χ4n) is 0.845. The van der Waals surface area contributed by atoms with E-state index in [0.29, 0.717) is 13.2 Å². The second-order valence-electron chi connectivity index (χ2n) is 3.69. The predicted molar refractivity (Wildman–Crippen MR) is 53.5 cm³/mol. The molecule has 0 aliphatic rings. The van der Waals surface area contributed by atoms with Gasteiger partial charge in [-0.2, -0.15) is 5.26 Å². The van der Waals surface area contributed by atoms with Crippen LogP contribution in [0.15, 0.2) is 0 Å². The van der Waals surface area contributed by atoms with Crippen LogP contribution in [0.5, 0.6) is 0 Å². The predicted octanol–water partition coefficient (Wildman–Crippen LogP) is 1.08. The number of carbonyl (C=O) groups excluding carboxylic acids is 1. The summed E-state index contributed by atoms with van der Waals surface area (Å²) in [6.07, 6.45) is 1.80. The molecule has 0 aromatic rings. The van der Waals surface area contributed by atoms with Gasteiger partial charge in [0.1, 0.15) is 5.41 Å². The van der Waals surface area contributed by atoms with Crippen molar-refractivity contribution in [3.8, 4) is 6.07 Å². The first-order valence-electron chi connectivity index (χ1n) is 4.73. The van der Waals surface area contributed by atoms with Crippen molar-refractivity contribution in [1.29, 1.82) is 5.26 Å². The highest BCUT2D eigenvalue weighted by atomic mass is 16.5. The van der Waals surface area contributed by atoms with Crippen molar-refractivity contribution in [2.75, 3.05) is 20.3 Å². The molecule has 0 bridgehead atoms. The summed E-state index contributed by atoms with van der Waals surface area (Å²) in [4.78, 5) is 11.4. The van der Waals surface area contributed by atoms with Gasteiger partial charge in [-0.3, -0.25) is 4.79 Å². The summed E-state index contributed by atoms with van der Waals surface area (Å²) in [6.45, 7) is 4.53. The Balaban J connectivity index is 3.61. The quantitative estimate of drug-likeness (QED) is 0.649. The highest BCUT2D eigenvalue weighted by Gasteiger charge is 2.26. The lowest BCUT2D eigenvalue weighted by Crippen LogP contribution is -2.36. The standard InChI is InChI=1S/C10H18N2O2/c1-10(2,8-11)9(13)12-6-4-5-7-14-3/h4-7H2,1-3H3,(H,12,13). The first kappa shape index (κ1) is 12.9. The molecule has 0 aromatic carbocycles. The average Bonchev–Trinajstić information content (AvgIpc) is 2.17. The van der Waals surface area contributed by atoms with Gasteiger partial charge in [0.05, 0.1) is 6.07 Å². The first-order chi connectivity index (χ1) is 6.54. The number of rotatable bonds is 6. The summed E-state index contributed by atoms with van der Waals surface area (Å²) < 4.78 is 4.87. The Morgan fingerprint density at radius 1 is 1.50 bits per heavy atom. The van der Waals surface area contributed by atoms with Crippen molar-refractivity contribution < 1.29 is 9.53 Å². The summed E-state index contributed by atoms with van der Waals surface area (Å²) >= 11 is 0. The van der Waals surface area contributed by atoms with Crippen molar-refractivity contribution in [3.63, 3.8) is 0 Å². The molecule has 0 aliphatic heterocycles. The Hall–Kier alpha value is -1.08. The number of nitrogens with one attached hydrogen (secondary N) is 1. The van der Waals surface area contributed by atoms with E-state index in [2.05, 4.69) is 5.32 Å². The molecular formula is C10H18N2O2. The van der Waals surface area contributed by atoms with Crippen LogP contribution in [0.4, 0.5) is 0 Å². The topological polar surface area (TPSA) is 62.1 Å². The van der Waals surface area contributed by atoms with E-state index < -0.39 is 5.41 Å². The molecule has 4 nitrogen and oxygen atoms in total. The monoisotopic (exact) mass is 198 g/mol. The lowest BCUT2D eigenvalue weighted by molar-refractivity contribution is -0.126. The van der Waals surface area contributed by atoms with Crippen LogP contribution >= 0.6 is 0 Å². The first-order valence-corrected chi connectivity index (χ1v) is 4.73. The summed E-state index contributed by atoms with van der Waals surface area (Å²) in [5.41, 5.74) is -0.929. The van der Waals surface area contributed by atoms with Crippen molar-refractivity contribution in [2.45, 2.75) is 26.7 Å². The molecule has 1 amide bonds. The van der Waals surface area contributed by atoms with E-state index in [1.54, 1.807) is 21.0 Å². The molecule has 0 fully saturated rings. The summed E-state index contributed by atoms with van der Waals surface area (Å²) in [5, 5.41) is 11.4. The van der Waals surface area contributed by atoms with E-state index in [4.69, 9.17) is 10.00 Å². The zero-order valence-corrected chi connectivity index (χ0v) is 9.09. The number of hydrogen-bond acceptors (Lipinski definition) is 3. The number of nitrogens with zero attached hydrogens (tertiary/aromatic N) is 1. The Kier molecular flexibility index (Phi) is 5.89. The van der Waals surface area contributed by atoms with Gasteiger partial charge >= 0.3 is 0 Å². The third kappa shape index (κ3) is 4.83. The molecular weight excluding hydrogens is 180 g/mol. The Labute approximate surface area is 85.2 Å². The van der Waals surface area contributed by atoms with Crippen molar-refractivity contribution in [1.82, 2.24) is 5.32 Å². The smallest absolute Gasteiger partial charge is 0.239 e. The molecule has 0 aromatic heterocycles. The fraction of sp³-hybridized carbons (Fsp3) is 0.800. The van der Waals surface area contributed by atoms with Crippen LogP contribution in [0.2, 0.25) is 0 Å². The van der Waals surface area contributed by atoms with Crippen LogP contribution < -0.4 is 5.32 Å². The molecule has 0 atom stereocenters.